The van der Waals surface area contributed by atoms with Gasteiger partial charge in [0.15, 0.2) is 7.98 Å². The Balaban J connectivity index is 2.15. The maximum absolute atomic E-state index is 6.03. The molecule has 2 aliphatic heterocycles. The Kier molecular flexibility index (Phi) is 2.17. The van der Waals surface area contributed by atoms with Gasteiger partial charge in [-0.25, -0.2) is 0 Å². The molecule has 0 aromatic rings. The van der Waals surface area contributed by atoms with Crippen LogP contribution < -0.4 is 0 Å². The van der Waals surface area contributed by atoms with E-state index in [2.05, 4.69) is 16.8 Å². The molecule has 1 atom stereocenters. The van der Waals surface area contributed by atoms with Crippen LogP contribution in [0.4, 0.5) is 0 Å². The van der Waals surface area contributed by atoms with Crippen molar-refractivity contribution >= 4 is 7.98 Å². The molecule has 1 spiro atoms. The fourth-order valence-electron chi connectivity index (χ4n) is 2.72. The van der Waals surface area contributed by atoms with E-state index in [1.54, 1.807) is 0 Å². The predicted molar refractivity (Wildman–Crippen MR) is 50.9 cm³/mol. The highest BCUT2D eigenvalue weighted by Crippen LogP contribution is 2.37. The molecule has 66 valence electrons. The second kappa shape index (κ2) is 3.04. The highest BCUT2D eigenvalue weighted by molar-refractivity contribution is 6.05. The first kappa shape index (κ1) is 8.58. The van der Waals surface area contributed by atoms with E-state index < -0.39 is 0 Å². The summed E-state index contributed by atoms with van der Waals surface area (Å²) >= 11 is 0. The van der Waals surface area contributed by atoms with Crippen molar-refractivity contribution in [1.82, 2.24) is 9.71 Å². The first-order valence-corrected chi connectivity index (χ1v) is 4.99. The van der Waals surface area contributed by atoms with Crippen molar-refractivity contribution in [2.75, 3.05) is 20.1 Å². The molecule has 0 N–H and O–H groups in total. The standard InChI is InChI=1S/C9H17BN2/c1-11-7-3-2-5-9(11)6-4-8-12(9)10/h2-8H2,1H3. The maximum atomic E-state index is 6.03. The summed E-state index contributed by atoms with van der Waals surface area (Å²) < 4.78 is 0. The van der Waals surface area contributed by atoms with E-state index in [0.29, 0.717) is 0 Å². The van der Waals surface area contributed by atoms with Crippen molar-refractivity contribution in [3.63, 3.8) is 0 Å². The van der Waals surface area contributed by atoms with Crippen LogP contribution in [-0.2, 0) is 0 Å². The SMILES string of the molecule is [B]N1CCCC12CCCCN2C. The topological polar surface area (TPSA) is 6.48 Å². The van der Waals surface area contributed by atoms with Crippen molar-refractivity contribution in [1.29, 1.82) is 0 Å². The van der Waals surface area contributed by atoms with Gasteiger partial charge in [0.1, 0.15) is 0 Å². The van der Waals surface area contributed by atoms with Crippen LogP contribution in [0.25, 0.3) is 0 Å². The van der Waals surface area contributed by atoms with E-state index in [1.807, 2.05) is 0 Å². The first-order chi connectivity index (χ1) is 5.76. The normalized spacial score (nSPS) is 39.4. The van der Waals surface area contributed by atoms with Crippen LogP contribution in [0.15, 0.2) is 0 Å². The summed E-state index contributed by atoms with van der Waals surface area (Å²) in [5.74, 6) is 0. The van der Waals surface area contributed by atoms with Crippen LogP contribution >= 0.6 is 0 Å². The quantitative estimate of drug-likeness (QED) is 0.492. The summed E-state index contributed by atoms with van der Waals surface area (Å²) in [5, 5.41) is 0. The lowest BCUT2D eigenvalue weighted by Crippen LogP contribution is -2.57. The molecule has 0 bridgehead atoms. The molecule has 12 heavy (non-hydrogen) atoms. The van der Waals surface area contributed by atoms with Crippen molar-refractivity contribution in [2.45, 2.75) is 37.8 Å². The van der Waals surface area contributed by atoms with Gasteiger partial charge in [0, 0.05) is 0 Å². The van der Waals surface area contributed by atoms with Gasteiger partial charge in [-0.3, -0.25) is 4.90 Å². The zero-order chi connectivity index (χ0) is 8.60. The Morgan fingerprint density at radius 2 is 1.83 bits per heavy atom. The molecular weight excluding hydrogens is 147 g/mol. The summed E-state index contributed by atoms with van der Waals surface area (Å²) in [4.78, 5) is 4.51. The highest BCUT2D eigenvalue weighted by Gasteiger charge is 2.42. The number of nitrogens with zero attached hydrogens (tertiary/aromatic N) is 2. The van der Waals surface area contributed by atoms with E-state index in [9.17, 15) is 0 Å². The van der Waals surface area contributed by atoms with E-state index in [1.165, 1.54) is 38.6 Å². The second-order valence-corrected chi connectivity index (χ2v) is 4.16. The highest BCUT2D eigenvalue weighted by atomic mass is 15.4. The molecule has 3 heteroatoms. The van der Waals surface area contributed by atoms with Crippen molar-refractivity contribution in [3.05, 3.63) is 0 Å². The Hall–Kier alpha value is -0.0151. The third kappa shape index (κ3) is 1.11. The molecule has 2 nitrogen and oxygen atoms in total. The van der Waals surface area contributed by atoms with Crippen molar-refractivity contribution in [2.24, 2.45) is 0 Å². The molecule has 0 amide bonds. The summed E-state index contributed by atoms with van der Waals surface area (Å²) in [6, 6.07) is 0. The molecule has 0 saturated carbocycles. The summed E-state index contributed by atoms with van der Waals surface area (Å²) in [7, 11) is 8.24. The van der Waals surface area contributed by atoms with Crippen LogP contribution in [0.3, 0.4) is 0 Å². The first-order valence-electron chi connectivity index (χ1n) is 4.99. The largest absolute Gasteiger partial charge is 0.337 e. The Bertz CT molecular complexity index is 174. The van der Waals surface area contributed by atoms with E-state index in [0.717, 1.165) is 6.54 Å². The Labute approximate surface area is 76.3 Å². The summed E-state index contributed by atoms with van der Waals surface area (Å²) in [6.45, 7) is 2.29. The van der Waals surface area contributed by atoms with E-state index in [4.69, 9.17) is 7.98 Å². The van der Waals surface area contributed by atoms with Gasteiger partial charge >= 0.3 is 0 Å². The van der Waals surface area contributed by atoms with Gasteiger partial charge in [-0.1, -0.05) is 0 Å². The number of likely N-dealkylation sites (tertiary alicyclic amines) is 1. The van der Waals surface area contributed by atoms with Crippen LogP contribution in [-0.4, -0.2) is 43.5 Å². The van der Waals surface area contributed by atoms with Crippen LogP contribution in [0.2, 0.25) is 0 Å². The number of hydrogen-bond donors (Lipinski definition) is 0. The van der Waals surface area contributed by atoms with E-state index >= 15 is 0 Å². The fourth-order valence-corrected chi connectivity index (χ4v) is 2.72. The molecule has 0 aromatic heterocycles. The van der Waals surface area contributed by atoms with Gasteiger partial charge in [-0.2, -0.15) is 0 Å². The number of hydrogen-bond acceptors (Lipinski definition) is 2. The number of rotatable bonds is 0. The number of piperidine rings is 1. The van der Waals surface area contributed by atoms with Crippen molar-refractivity contribution < 1.29 is 0 Å². The van der Waals surface area contributed by atoms with Gasteiger partial charge < -0.3 is 4.81 Å². The predicted octanol–water partition coefficient (Wildman–Crippen LogP) is 0.978. The third-order valence-corrected chi connectivity index (χ3v) is 3.54. The minimum absolute atomic E-state index is 0.234. The van der Waals surface area contributed by atoms with Crippen LogP contribution in [0.1, 0.15) is 32.1 Å². The smallest absolute Gasteiger partial charge is 0.184 e. The molecule has 1 unspecified atom stereocenters. The zero-order valence-electron chi connectivity index (χ0n) is 7.92. The lowest BCUT2D eigenvalue weighted by atomic mass is 9.91. The zero-order valence-corrected chi connectivity index (χ0v) is 7.92. The summed E-state index contributed by atoms with van der Waals surface area (Å²) in [6.07, 6.45) is 6.48. The average molecular weight is 164 g/mol. The Morgan fingerprint density at radius 1 is 1.08 bits per heavy atom. The van der Waals surface area contributed by atoms with E-state index in [-0.39, 0.29) is 5.66 Å². The van der Waals surface area contributed by atoms with Crippen LogP contribution in [0, 0.1) is 0 Å². The van der Waals surface area contributed by atoms with Gasteiger partial charge in [0.2, 0.25) is 0 Å². The molecule has 2 aliphatic rings. The third-order valence-electron chi connectivity index (χ3n) is 3.54. The van der Waals surface area contributed by atoms with Gasteiger partial charge in [-0.15, -0.1) is 0 Å². The van der Waals surface area contributed by atoms with Crippen molar-refractivity contribution in [3.8, 4) is 0 Å². The minimum atomic E-state index is 0.234. The maximum Gasteiger partial charge on any atom is 0.184 e. The Morgan fingerprint density at radius 3 is 2.42 bits per heavy atom. The van der Waals surface area contributed by atoms with Gasteiger partial charge in [0.25, 0.3) is 0 Å². The fraction of sp³-hybridized carbons (Fsp3) is 1.00. The molecule has 2 heterocycles. The summed E-state index contributed by atoms with van der Waals surface area (Å²) in [5.41, 5.74) is 0.234. The van der Waals surface area contributed by atoms with Crippen LogP contribution in [0.5, 0.6) is 0 Å². The van der Waals surface area contributed by atoms with Gasteiger partial charge in [-0.05, 0) is 52.2 Å². The molecular formula is C9H17BN2. The monoisotopic (exact) mass is 164 g/mol. The average Bonchev–Trinajstić information content (AvgIpc) is 2.41. The molecule has 2 saturated heterocycles. The lowest BCUT2D eigenvalue weighted by Gasteiger charge is -2.48. The molecule has 0 aromatic carbocycles. The van der Waals surface area contributed by atoms with Gasteiger partial charge in [0.05, 0.1) is 5.66 Å². The minimum Gasteiger partial charge on any atom is -0.337 e. The molecule has 2 radical (unpaired) electrons. The molecule has 2 fully saturated rings. The molecule has 2 rings (SSSR count). The lowest BCUT2D eigenvalue weighted by molar-refractivity contribution is 0.00344. The second-order valence-electron chi connectivity index (χ2n) is 4.16. The molecule has 0 aliphatic carbocycles.